The molecule has 0 N–H and O–H groups in total. The van der Waals surface area contributed by atoms with Crippen molar-refractivity contribution < 1.29 is 4.79 Å². The number of thioether (sulfide) groups is 1. The summed E-state index contributed by atoms with van der Waals surface area (Å²) in [6, 6.07) is 16.0. The van der Waals surface area contributed by atoms with Crippen LogP contribution in [-0.2, 0) is 11.2 Å². The van der Waals surface area contributed by atoms with E-state index in [0.717, 1.165) is 41.4 Å². The molecule has 0 fully saturated rings. The van der Waals surface area contributed by atoms with Gasteiger partial charge in [-0.15, -0.1) is 11.8 Å². The molecule has 0 aliphatic carbocycles. The quantitative estimate of drug-likeness (QED) is 0.711. The molecule has 1 aliphatic heterocycles. The zero-order valence-corrected chi connectivity index (χ0v) is 14.7. The molecule has 1 heterocycles. The predicted molar refractivity (Wildman–Crippen MR) is 98.5 cm³/mol. The van der Waals surface area contributed by atoms with Crippen LogP contribution in [0.2, 0.25) is 5.02 Å². The third kappa shape index (κ3) is 3.73. The van der Waals surface area contributed by atoms with Crippen LogP contribution in [0.3, 0.4) is 0 Å². The number of rotatable bonds is 4. The summed E-state index contributed by atoms with van der Waals surface area (Å²) >= 11 is 7.56. The summed E-state index contributed by atoms with van der Waals surface area (Å²) in [7, 11) is 0. The van der Waals surface area contributed by atoms with Crippen LogP contribution in [0.25, 0.3) is 0 Å². The Morgan fingerprint density at radius 1 is 1.22 bits per heavy atom. The largest absolute Gasteiger partial charge is 0.311 e. The molecule has 1 amide bonds. The molecular formula is C19H20ClNOS. The normalized spacial score (nSPS) is 15.1. The highest BCUT2D eigenvalue weighted by atomic mass is 35.5. The minimum atomic E-state index is -0.0673. The van der Waals surface area contributed by atoms with Crippen molar-refractivity contribution in [3.63, 3.8) is 0 Å². The lowest BCUT2D eigenvalue weighted by molar-refractivity contribution is -0.118. The number of amides is 1. The van der Waals surface area contributed by atoms with Crippen LogP contribution in [0.1, 0.15) is 25.3 Å². The summed E-state index contributed by atoms with van der Waals surface area (Å²) in [6.45, 7) is 2.88. The maximum Gasteiger partial charge on any atom is 0.240 e. The second-order valence-corrected chi connectivity index (χ2v) is 7.40. The molecule has 1 atom stereocenters. The van der Waals surface area contributed by atoms with Gasteiger partial charge in [0.05, 0.1) is 5.25 Å². The molecule has 0 spiro atoms. The number of aryl methyl sites for hydroxylation is 1. The highest BCUT2D eigenvalue weighted by molar-refractivity contribution is 8.00. The standard InChI is InChI=1S/C19H20ClNOS/c1-2-18(23-16-11-9-15(20)10-12-16)19(22)21-13-5-7-14-6-3-4-8-17(14)21/h3-4,6,8-12,18H,2,5,7,13H2,1H3/t18-/m0/s1. The van der Waals surface area contributed by atoms with E-state index in [4.69, 9.17) is 11.6 Å². The maximum absolute atomic E-state index is 13.0. The summed E-state index contributed by atoms with van der Waals surface area (Å²) in [5.74, 6) is 0.208. The maximum atomic E-state index is 13.0. The van der Waals surface area contributed by atoms with E-state index in [1.54, 1.807) is 11.8 Å². The van der Waals surface area contributed by atoms with Gasteiger partial charge in [0.2, 0.25) is 5.91 Å². The Morgan fingerprint density at radius 3 is 2.70 bits per heavy atom. The molecule has 4 heteroatoms. The Morgan fingerprint density at radius 2 is 1.96 bits per heavy atom. The van der Waals surface area contributed by atoms with Gasteiger partial charge in [0, 0.05) is 22.2 Å². The second-order valence-electron chi connectivity index (χ2n) is 5.69. The van der Waals surface area contributed by atoms with E-state index in [9.17, 15) is 4.79 Å². The molecule has 0 saturated carbocycles. The van der Waals surface area contributed by atoms with Crippen molar-refractivity contribution in [3.8, 4) is 0 Å². The third-order valence-electron chi connectivity index (χ3n) is 4.11. The van der Waals surface area contributed by atoms with Crippen LogP contribution in [-0.4, -0.2) is 17.7 Å². The first kappa shape index (κ1) is 16.4. The monoisotopic (exact) mass is 345 g/mol. The number of hydrogen-bond acceptors (Lipinski definition) is 2. The van der Waals surface area contributed by atoms with Crippen molar-refractivity contribution in [3.05, 3.63) is 59.1 Å². The first-order valence-electron chi connectivity index (χ1n) is 8.00. The summed E-state index contributed by atoms with van der Waals surface area (Å²) in [5, 5.41) is 0.654. The number of carbonyl (C=O) groups is 1. The van der Waals surface area contributed by atoms with Gasteiger partial charge in [-0.05, 0) is 55.2 Å². The van der Waals surface area contributed by atoms with Crippen molar-refractivity contribution in [1.29, 1.82) is 0 Å². The van der Waals surface area contributed by atoms with Crippen LogP contribution in [0.5, 0.6) is 0 Å². The van der Waals surface area contributed by atoms with Crippen LogP contribution in [0.4, 0.5) is 5.69 Å². The van der Waals surface area contributed by atoms with E-state index < -0.39 is 0 Å². The summed E-state index contributed by atoms with van der Waals surface area (Å²) < 4.78 is 0. The van der Waals surface area contributed by atoms with Gasteiger partial charge in [-0.3, -0.25) is 4.79 Å². The van der Waals surface area contributed by atoms with Crippen LogP contribution < -0.4 is 4.90 Å². The van der Waals surface area contributed by atoms with E-state index in [1.165, 1.54) is 5.56 Å². The number of nitrogens with zero attached hydrogens (tertiary/aromatic N) is 1. The molecule has 0 bridgehead atoms. The van der Waals surface area contributed by atoms with Crippen LogP contribution in [0.15, 0.2) is 53.4 Å². The van der Waals surface area contributed by atoms with Crippen molar-refractivity contribution >= 4 is 35.0 Å². The molecule has 23 heavy (non-hydrogen) atoms. The van der Waals surface area contributed by atoms with E-state index >= 15 is 0 Å². The van der Waals surface area contributed by atoms with Gasteiger partial charge in [-0.25, -0.2) is 0 Å². The Kier molecular flexibility index (Phi) is 5.29. The fraction of sp³-hybridized carbons (Fsp3) is 0.316. The van der Waals surface area contributed by atoms with E-state index in [-0.39, 0.29) is 11.2 Å². The smallest absolute Gasteiger partial charge is 0.240 e. The van der Waals surface area contributed by atoms with Gasteiger partial charge in [0.1, 0.15) is 0 Å². The molecule has 2 nitrogen and oxygen atoms in total. The Hall–Kier alpha value is -1.45. The molecule has 0 aromatic heterocycles. The highest BCUT2D eigenvalue weighted by Gasteiger charge is 2.28. The molecule has 0 unspecified atom stereocenters. The molecule has 0 saturated heterocycles. The number of carbonyl (C=O) groups excluding carboxylic acids is 1. The molecule has 120 valence electrons. The second kappa shape index (κ2) is 7.41. The van der Waals surface area contributed by atoms with Crippen molar-refractivity contribution in [1.82, 2.24) is 0 Å². The number of benzene rings is 2. The van der Waals surface area contributed by atoms with Gasteiger partial charge in [0.15, 0.2) is 0 Å². The van der Waals surface area contributed by atoms with Crippen molar-refractivity contribution in [2.45, 2.75) is 36.3 Å². The zero-order valence-electron chi connectivity index (χ0n) is 13.2. The Balaban J connectivity index is 1.79. The fourth-order valence-electron chi connectivity index (χ4n) is 2.92. The van der Waals surface area contributed by atoms with E-state index in [2.05, 4.69) is 19.1 Å². The molecule has 2 aromatic rings. The predicted octanol–water partition coefficient (Wildman–Crippen LogP) is 5.19. The Bertz CT molecular complexity index is 686. The summed E-state index contributed by atoms with van der Waals surface area (Å²) in [4.78, 5) is 16.1. The third-order valence-corrected chi connectivity index (χ3v) is 5.73. The number of hydrogen-bond donors (Lipinski definition) is 0. The first-order chi connectivity index (χ1) is 11.2. The molecule has 1 aliphatic rings. The average Bonchev–Trinajstić information content (AvgIpc) is 2.60. The average molecular weight is 346 g/mol. The van der Waals surface area contributed by atoms with Gasteiger partial charge in [-0.2, -0.15) is 0 Å². The number of fused-ring (bicyclic) bond motifs is 1. The van der Waals surface area contributed by atoms with Crippen molar-refractivity contribution in [2.24, 2.45) is 0 Å². The summed E-state index contributed by atoms with van der Waals surface area (Å²) in [5.41, 5.74) is 2.36. The molecule has 2 aromatic carbocycles. The molecular weight excluding hydrogens is 326 g/mol. The van der Waals surface area contributed by atoms with Crippen LogP contribution >= 0.6 is 23.4 Å². The number of para-hydroxylation sites is 1. The number of halogens is 1. The lowest BCUT2D eigenvalue weighted by Crippen LogP contribution is -2.40. The topological polar surface area (TPSA) is 20.3 Å². The molecule has 0 radical (unpaired) electrons. The van der Waals surface area contributed by atoms with Gasteiger partial charge in [0.25, 0.3) is 0 Å². The van der Waals surface area contributed by atoms with Crippen molar-refractivity contribution in [2.75, 3.05) is 11.4 Å². The SMILES string of the molecule is CC[C@H](Sc1ccc(Cl)cc1)C(=O)N1CCCc2ccccc21. The Labute approximate surface area is 146 Å². The van der Waals surface area contributed by atoms with Crippen LogP contribution in [0, 0.1) is 0 Å². The fourth-order valence-corrected chi connectivity index (χ4v) is 4.06. The first-order valence-corrected chi connectivity index (χ1v) is 9.26. The van der Waals surface area contributed by atoms with Gasteiger partial charge < -0.3 is 4.90 Å². The minimum absolute atomic E-state index is 0.0673. The van der Waals surface area contributed by atoms with Gasteiger partial charge >= 0.3 is 0 Å². The highest BCUT2D eigenvalue weighted by Crippen LogP contribution is 2.32. The lowest BCUT2D eigenvalue weighted by atomic mass is 10.0. The lowest BCUT2D eigenvalue weighted by Gasteiger charge is -2.32. The van der Waals surface area contributed by atoms with E-state index in [1.807, 2.05) is 41.3 Å². The number of anilines is 1. The minimum Gasteiger partial charge on any atom is -0.311 e. The molecule has 3 rings (SSSR count). The van der Waals surface area contributed by atoms with Gasteiger partial charge in [-0.1, -0.05) is 36.7 Å². The summed E-state index contributed by atoms with van der Waals surface area (Å²) in [6.07, 6.45) is 2.90. The zero-order chi connectivity index (χ0) is 16.2. The van der Waals surface area contributed by atoms with E-state index in [0.29, 0.717) is 0 Å².